The summed E-state index contributed by atoms with van der Waals surface area (Å²) in [5, 5.41) is 12.6. The number of hydrogen-bond acceptors (Lipinski definition) is 2. The maximum atomic E-state index is 12.0. The number of aliphatic hydroxyl groups excluding tert-OH is 1. The Kier molecular flexibility index (Phi) is 6.73. The van der Waals surface area contributed by atoms with Crippen molar-refractivity contribution in [3.8, 4) is 0 Å². The van der Waals surface area contributed by atoms with Crippen molar-refractivity contribution in [3.05, 3.63) is 35.9 Å². The predicted octanol–water partition coefficient (Wildman–Crippen LogP) is 2.95. The van der Waals surface area contributed by atoms with E-state index in [0.717, 1.165) is 0 Å². The van der Waals surface area contributed by atoms with Gasteiger partial charge in [-0.05, 0) is 23.3 Å². The molecule has 1 aromatic carbocycles. The average Bonchev–Trinajstić information content (AvgIpc) is 2.42. The highest BCUT2D eigenvalue weighted by Gasteiger charge is 2.20. The summed E-state index contributed by atoms with van der Waals surface area (Å²) in [5.41, 5.74) is 1.20. The standard InChI is InChI=1S/C17H27NO2/c1-12(2)15(14-8-6-5-7-9-14)10-17(20)18-11-16(19)13(3)4/h5-9,12-13,15-16,19H,10-11H2,1-4H3,(H,18,20). The van der Waals surface area contributed by atoms with E-state index in [-0.39, 0.29) is 17.7 Å². The Balaban J connectivity index is 2.57. The van der Waals surface area contributed by atoms with Crippen molar-refractivity contribution < 1.29 is 9.90 Å². The van der Waals surface area contributed by atoms with Gasteiger partial charge in [0.1, 0.15) is 0 Å². The van der Waals surface area contributed by atoms with E-state index in [1.807, 2.05) is 32.0 Å². The molecule has 3 nitrogen and oxygen atoms in total. The van der Waals surface area contributed by atoms with Crippen LogP contribution in [0.3, 0.4) is 0 Å². The van der Waals surface area contributed by atoms with Gasteiger partial charge < -0.3 is 10.4 Å². The first-order chi connectivity index (χ1) is 9.41. The van der Waals surface area contributed by atoms with Crippen LogP contribution in [0.4, 0.5) is 0 Å². The third-order valence-electron chi connectivity index (χ3n) is 3.72. The van der Waals surface area contributed by atoms with Crippen molar-refractivity contribution >= 4 is 5.91 Å². The molecule has 0 radical (unpaired) electrons. The maximum Gasteiger partial charge on any atom is 0.220 e. The Hall–Kier alpha value is -1.35. The molecule has 3 heteroatoms. The van der Waals surface area contributed by atoms with Gasteiger partial charge in [-0.25, -0.2) is 0 Å². The van der Waals surface area contributed by atoms with Crippen molar-refractivity contribution in [2.24, 2.45) is 11.8 Å². The largest absolute Gasteiger partial charge is 0.391 e. The lowest BCUT2D eigenvalue weighted by Crippen LogP contribution is -2.35. The first kappa shape index (κ1) is 16.7. The Labute approximate surface area is 122 Å². The van der Waals surface area contributed by atoms with Crippen molar-refractivity contribution in [2.75, 3.05) is 6.54 Å². The van der Waals surface area contributed by atoms with Crippen LogP contribution in [0.25, 0.3) is 0 Å². The molecule has 0 fully saturated rings. The number of aliphatic hydroxyl groups is 1. The number of hydrogen-bond donors (Lipinski definition) is 2. The van der Waals surface area contributed by atoms with E-state index in [1.54, 1.807) is 0 Å². The highest BCUT2D eigenvalue weighted by atomic mass is 16.3. The zero-order valence-corrected chi connectivity index (χ0v) is 13.0. The topological polar surface area (TPSA) is 49.3 Å². The van der Waals surface area contributed by atoms with Crippen LogP contribution in [0, 0.1) is 11.8 Å². The highest BCUT2D eigenvalue weighted by Crippen LogP contribution is 2.27. The smallest absolute Gasteiger partial charge is 0.220 e. The summed E-state index contributed by atoms with van der Waals surface area (Å²) in [5.74, 6) is 0.781. The minimum Gasteiger partial charge on any atom is -0.391 e. The van der Waals surface area contributed by atoms with Gasteiger partial charge in [0.15, 0.2) is 0 Å². The molecule has 0 aromatic heterocycles. The minimum atomic E-state index is -0.479. The third-order valence-corrected chi connectivity index (χ3v) is 3.72. The number of rotatable bonds is 7. The molecule has 1 aromatic rings. The van der Waals surface area contributed by atoms with Crippen LogP contribution in [-0.2, 0) is 4.79 Å². The van der Waals surface area contributed by atoms with Crippen LogP contribution in [0.2, 0.25) is 0 Å². The number of benzene rings is 1. The Bertz CT molecular complexity index is 401. The zero-order valence-electron chi connectivity index (χ0n) is 13.0. The van der Waals surface area contributed by atoms with Gasteiger partial charge in [0, 0.05) is 13.0 Å². The van der Waals surface area contributed by atoms with Crippen LogP contribution in [0.5, 0.6) is 0 Å². The van der Waals surface area contributed by atoms with E-state index in [2.05, 4.69) is 31.3 Å². The molecule has 2 atom stereocenters. The van der Waals surface area contributed by atoms with Gasteiger partial charge in [0.05, 0.1) is 6.10 Å². The SMILES string of the molecule is CC(C)C(O)CNC(=O)CC(c1ccccc1)C(C)C. The van der Waals surface area contributed by atoms with E-state index < -0.39 is 6.10 Å². The maximum absolute atomic E-state index is 12.0. The molecule has 1 amide bonds. The molecule has 0 bridgehead atoms. The molecule has 0 aliphatic rings. The van der Waals surface area contributed by atoms with Gasteiger partial charge in [-0.15, -0.1) is 0 Å². The van der Waals surface area contributed by atoms with Gasteiger partial charge in [0.25, 0.3) is 0 Å². The molecule has 20 heavy (non-hydrogen) atoms. The summed E-state index contributed by atoms with van der Waals surface area (Å²) in [4.78, 5) is 12.0. The Morgan fingerprint density at radius 1 is 1.10 bits per heavy atom. The molecule has 1 rings (SSSR count). The van der Waals surface area contributed by atoms with Gasteiger partial charge in [-0.1, -0.05) is 58.0 Å². The number of amides is 1. The first-order valence-electron chi connectivity index (χ1n) is 7.41. The van der Waals surface area contributed by atoms with Crippen molar-refractivity contribution in [2.45, 2.75) is 46.1 Å². The lowest BCUT2D eigenvalue weighted by atomic mass is 9.85. The van der Waals surface area contributed by atoms with Gasteiger partial charge in [-0.2, -0.15) is 0 Å². The molecule has 2 unspecified atom stereocenters. The second-order valence-electron chi connectivity index (χ2n) is 6.08. The predicted molar refractivity (Wildman–Crippen MR) is 82.5 cm³/mol. The van der Waals surface area contributed by atoms with Crippen LogP contribution in [0.1, 0.15) is 45.6 Å². The van der Waals surface area contributed by atoms with Gasteiger partial charge in [-0.3, -0.25) is 4.79 Å². The second-order valence-corrected chi connectivity index (χ2v) is 6.08. The van der Waals surface area contributed by atoms with Crippen LogP contribution < -0.4 is 5.32 Å². The lowest BCUT2D eigenvalue weighted by molar-refractivity contribution is -0.122. The molecular formula is C17H27NO2. The fraction of sp³-hybridized carbons (Fsp3) is 0.588. The van der Waals surface area contributed by atoms with Crippen molar-refractivity contribution in [3.63, 3.8) is 0 Å². The van der Waals surface area contributed by atoms with Crippen molar-refractivity contribution in [1.29, 1.82) is 0 Å². The summed E-state index contributed by atoms with van der Waals surface area (Å²) in [7, 11) is 0. The first-order valence-corrected chi connectivity index (χ1v) is 7.41. The normalized spacial score (nSPS) is 14.3. The zero-order chi connectivity index (χ0) is 15.1. The summed E-state index contributed by atoms with van der Waals surface area (Å²) < 4.78 is 0. The molecule has 112 valence electrons. The minimum absolute atomic E-state index is 0.00672. The van der Waals surface area contributed by atoms with Crippen molar-refractivity contribution in [1.82, 2.24) is 5.32 Å². The molecule has 2 N–H and O–H groups in total. The fourth-order valence-electron chi connectivity index (χ4n) is 2.16. The highest BCUT2D eigenvalue weighted by molar-refractivity contribution is 5.76. The summed E-state index contributed by atoms with van der Waals surface area (Å²) in [6.45, 7) is 8.48. The summed E-state index contributed by atoms with van der Waals surface area (Å²) in [6.07, 6.45) is -0.0138. The molecular weight excluding hydrogens is 250 g/mol. The lowest BCUT2D eigenvalue weighted by Gasteiger charge is -2.22. The van der Waals surface area contributed by atoms with E-state index in [0.29, 0.717) is 18.9 Å². The number of carbonyl (C=O) groups is 1. The van der Waals surface area contributed by atoms with Gasteiger partial charge in [0.2, 0.25) is 5.91 Å². The van der Waals surface area contributed by atoms with E-state index in [9.17, 15) is 9.90 Å². The average molecular weight is 277 g/mol. The number of carbonyl (C=O) groups excluding carboxylic acids is 1. The van der Waals surface area contributed by atoms with Crippen LogP contribution in [0.15, 0.2) is 30.3 Å². The quantitative estimate of drug-likeness (QED) is 0.805. The molecule has 0 saturated carbocycles. The third kappa shape index (κ3) is 5.33. The monoisotopic (exact) mass is 277 g/mol. The van der Waals surface area contributed by atoms with E-state index in [1.165, 1.54) is 5.56 Å². The van der Waals surface area contributed by atoms with Crippen LogP contribution >= 0.6 is 0 Å². The number of nitrogens with one attached hydrogen (secondary N) is 1. The van der Waals surface area contributed by atoms with E-state index in [4.69, 9.17) is 0 Å². The molecule has 0 aliphatic carbocycles. The van der Waals surface area contributed by atoms with Gasteiger partial charge >= 0.3 is 0 Å². The van der Waals surface area contributed by atoms with Crippen LogP contribution in [-0.4, -0.2) is 23.7 Å². The van der Waals surface area contributed by atoms with E-state index >= 15 is 0 Å². The summed E-state index contributed by atoms with van der Waals surface area (Å²) in [6, 6.07) is 10.1. The Morgan fingerprint density at radius 3 is 2.20 bits per heavy atom. The summed E-state index contributed by atoms with van der Waals surface area (Å²) >= 11 is 0. The fourth-order valence-corrected chi connectivity index (χ4v) is 2.16. The molecule has 0 aliphatic heterocycles. The Morgan fingerprint density at radius 2 is 1.70 bits per heavy atom. The molecule has 0 heterocycles. The second kappa shape index (κ2) is 8.05. The molecule has 0 saturated heterocycles. The molecule has 0 spiro atoms.